The highest BCUT2D eigenvalue weighted by Crippen LogP contribution is 2.24. The summed E-state index contributed by atoms with van der Waals surface area (Å²) < 4.78 is 5.72. The number of anilines is 2. The van der Waals surface area contributed by atoms with Gasteiger partial charge in [0.25, 0.3) is 11.8 Å². The number of likely N-dealkylation sites (N-methyl/N-ethyl adjacent to an activating group) is 1. The van der Waals surface area contributed by atoms with Crippen LogP contribution in [0.4, 0.5) is 11.4 Å². The van der Waals surface area contributed by atoms with Gasteiger partial charge in [-0.15, -0.1) is 11.3 Å². The standard InChI is InChI=1S/C21H23ClN4O4S/c1-25-11-14(24-21(29)17-6-7-18(22)31-17)10-16(25)20(28)23-13-2-4-15(5-3-13)26-8-9-30-12-19(26)27/h2-7,14,16H,8-12H2,1H3,(H,23,28)(H,24,29)/t14-,16-/m0/s1. The zero-order chi connectivity index (χ0) is 22.0. The summed E-state index contributed by atoms with van der Waals surface area (Å²) in [7, 11) is 1.87. The van der Waals surface area contributed by atoms with E-state index in [0.717, 1.165) is 5.69 Å². The first-order valence-electron chi connectivity index (χ1n) is 9.96. The Morgan fingerprint density at radius 3 is 2.65 bits per heavy atom. The normalized spacial score (nSPS) is 21.9. The van der Waals surface area contributed by atoms with E-state index in [4.69, 9.17) is 16.3 Å². The van der Waals surface area contributed by atoms with Gasteiger partial charge in [0.05, 0.1) is 21.9 Å². The number of hydrogen-bond donors (Lipinski definition) is 2. The fourth-order valence-electron chi connectivity index (χ4n) is 3.84. The average molecular weight is 463 g/mol. The molecule has 2 aliphatic rings. The van der Waals surface area contributed by atoms with E-state index in [9.17, 15) is 14.4 Å². The van der Waals surface area contributed by atoms with Crippen LogP contribution in [0.5, 0.6) is 0 Å². The van der Waals surface area contributed by atoms with Crippen LogP contribution in [0.2, 0.25) is 4.34 Å². The van der Waals surface area contributed by atoms with Gasteiger partial charge in [0.15, 0.2) is 0 Å². The molecule has 8 nitrogen and oxygen atoms in total. The molecule has 0 aliphatic carbocycles. The maximum absolute atomic E-state index is 12.8. The second-order valence-corrected chi connectivity index (χ2v) is 9.31. The lowest BCUT2D eigenvalue weighted by Gasteiger charge is -2.27. The van der Waals surface area contributed by atoms with Gasteiger partial charge in [-0.25, -0.2) is 0 Å². The molecule has 0 spiro atoms. The Morgan fingerprint density at radius 1 is 1.19 bits per heavy atom. The first-order chi connectivity index (χ1) is 14.9. The largest absolute Gasteiger partial charge is 0.370 e. The first-order valence-corrected chi connectivity index (χ1v) is 11.2. The summed E-state index contributed by atoms with van der Waals surface area (Å²) in [6, 6.07) is 10.1. The number of amides is 3. The smallest absolute Gasteiger partial charge is 0.261 e. The van der Waals surface area contributed by atoms with Gasteiger partial charge in [-0.05, 0) is 49.9 Å². The Bertz CT molecular complexity index is 980. The van der Waals surface area contributed by atoms with E-state index in [2.05, 4.69) is 10.6 Å². The number of thiophene rings is 1. The quantitative estimate of drug-likeness (QED) is 0.711. The summed E-state index contributed by atoms with van der Waals surface area (Å²) in [6.07, 6.45) is 0.521. The summed E-state index contributed by atoms with van der Waals surface area (Å²) in [5, 5.41) is 5.91. The SMILES string of the molecule is CN1C[C@@H](NC(=O)c2ccc(Cl)s2)C[C@H]1C(=O)Nc1ccc(N2CCOCC2=O)cc1. The summed E-state index contributed by atoms with van der Waals surface area (Å²) in [4.78, 5) is 41.3. The van der Waals surface area contributed by atoms with E-state index in [1.165, 1.54) is 11.3 Å². The molecule has 3 amide bonds. The third-order valence-electron chi connectivity index (χ3n) is 5.42. The number of benzene rings is 1. The number of rotatable bonds is 5. The second-order valence-electron chi connectivity index (χ2n) is 7.60. The molecule has 2 N–H and O–H groups in total. The fourth-order valence-corrected chi connectivity index (χ4v) is 4.79. The molecule has 2 aliphatic heterocycles. The molecule has 0 radical (unpaired) electrons. The molecule has 31 heavy (non-hydrogen) atoms. The number of halogens is 1. The van der Waals surface area contributed by atoms with Crippen molar-refractivity contribution in [2.45, 2.75) is 18.5 Å². The molecule has 0 unspecified atom stereocenters. The minimum absolute atomic E-state index is 0.0754. The van der Waals surface area contributed by atoms with Crippen LogP contribution in [0.1, 0.15) is 16.1 Å². The molecule has 10 heteroatoms. The molecule has 4 rings (SSSR count). The maximum Gasteiger partial charge on any atom is 0.261 e. The zero-order valence-corrected chi connectivity index (χ0v) is 18.5. The van der Waals surface area contributed by atoms with Gasteiger partial charge in [0, 0.05) is 30.5 Å². The Balaban J connectivity index is 1.33. The summed E-state index contributed by atoms with van der Waals surface area (Å²) in [5.74, 6) is -0.383. The lowest BCUT2D eigenvalue weighted by atomic mass is 10.1. The minimum Gasteiger partial charge on any atom is -0.370 e. The molecule has 164 valence electrons. The van der Waals surface area contributed by atoms with Gasteiger partial charge in [-0.1, -0.05) is 11.6 Å². The van der Waals surface area contributed by atoms with Crippen molar-refractivity contribution in [1.82, 2.24) is 10.2 Å². The Hall–Kier alpha value is -2.46. The van der Waals surface area contributed by atoms with Crippen LogP contribution in [0.3, 0.4) is 0 Å². The molecule has 0 saturated carbocycles. The number of carbonyl (C=O) groups excluding carboxylic acids is 3. The number of ether oxygens (including phenoxy) is 1. The number of carbonyl (C=O) groups is 3. The topological polar surface area (TPSA) is 91.0 Å². The lowest BCUT2D eigenvalue weighted by molar-refractivity contribution is -0.125. The van der Waals surface area contributed by atoms with Crippen LogP contribution >= 0.6 is 22.9 Å². The Kier molecular flexibility index (Phi) is 6.57. The highest BCUT2D eigenvalue weighted by atomic mass is 35.5. The Labute approximate surface area is 189 Å². The van der Waals surface area contributed by atoms with E-state index in [-0.39, 0.29) is 36.4 Å². The molecule has 2 fully saturated rings. The number of hydrogen-bond acceptors (Lipinski definition) is 6. The monoisotopic (exact) mass is 462 g/mol. The van der Waals surface area contributed by atoms with Gasteiger partial charge < -0.3 is 20.3 Å². The van der Waals surface area contributed by atoms with E-state index < -0.39 is 0 Å². The van der Waals surface area contributed by atoms with Crippen molar-refractivity contribution in [2.75, 3.05) is 43.6 Å². The molecule has 0 bridgehead atoms. The molecule has 2 saturated heterocycles. The van der Waals surface area contributed by atoms with Crippen LogP contribution in [0.25, 0.3) is 0 Å². The number of nitrogens with zero attached hydrogens (tertiary/aromatic N) is 2. The molecular formula is C21H23ClN4O4S. The van der Waals surface area contributed by atoms with E-state index in [0.29, 0.717) is 41.0 Å². The summed E-state index contributed by atoms with van der Waals surface area (Å²) >= 11 is 7.13. The van der Waals surface area contributed by atoms with Crippen molar-refractivity contribution < 1.29 is 19.1 Å². The molecule has 2 aromatic rings. The van der Waals surface area contributed by atoms with Gasteiger partial charge in [-0.3, -0.25) is 19.3 Å². The summed E-state index contributed by atoms with van der Waals surface area (Å²) in [6.45, 7) is 1.70. The van der Waals surface area contributed by atoms with Gasteiger partial charge >= 0.3 is 0 Å². The maximum atomic E-state index is 12.8. The van der Waals surface area contributed by atoms with Crippen molar-refractivity contribution in [3.8, 4) is 0 Å². The predicted molar refractivity (Wildman–Crippen MR) is 120 cm³/mol. The van der Waals surface area contributed by atoms with Crippen molar-refractivity contribution >= 4 is 52.0 Å². The van der Waals surface area contributed by atoms with Crippen LogP contribution in [0.15, 0.2) is 36.4 Å². The first kappa shape index (κ1) is 21.8. The fraction of sp³-hybridized carbons (Fsp3) is 0.381. The molecule has 2 atom stereocenters. The highest BCUT2D eigenvalue weighted by Gasteiger charge is 2.35. The lowest BCUT2D eigenvalue weighted by Crippen LogP contribution is -2.41. The second kappa shape index (κ2) is 9.35. The van der Waals surface area contributed by atoms with Crippen molar-refractivity contribution in [2.24, 2.45) is 0 Å². The van der Waals surface area contributed by atoms with Crippen LogP contribution < -0.4 is 15.5 Å². The van der Waals surface area contributed by atoms with Crippen molar-refractivity contribution in [3.05, 3.63) is 45.6 Å². The van der Waals surface area contributed by atoms with Crippen LogP contribution in [-0.4, -0.2) is 68.1 Å². The van der Waals surface area contributed by atoms with Crippen LogP contribution in [0, 0.1) is 0 Å². The van der Waals surface area contributed by atoms with Crippen molar-refractivity contribution in [1.29, 1.82) is 0 Å². The highest BCUT2D eigenvalue weighted by molar-refractivity contribution is 7.18. The van der Waals surface area contributed by atoms with Crippen LogP contribution in [-0.2, 0) is 14.3 Å². The number of likely N-dealkylation sites (tertiary alicyclic amines) is 1. The molecule has 1 aromatic carbocycles. The van der Waals surface area contributed by atoms with E-state index in [1.807, 2.05) is 24.1 Å². The summed E-state index contributed by atoms with van der Waals surface area (Å²) in [5.41, 5.74) is 1.43. The van der Waals surface area contributed by atoms with Gasteiger partial charge in [0.2, 0.25) is 5.91 Å². The molecular weight excluding hydrogens is 440 g/mol. The van der Waals surface area contributed by atoms with Gasteiger partial charge in [-0.2, -0.15) is 0 Å². The number of morpholine rings is 1. The molecule has 3 heterocycles. The Morgan fingerprint density at radius 2 is 1.97 bits per heavy atom. The molecule has 1 aromatic heterocycles. The van der Waals surface area contributed by atoms with Crippen molar-refractivity contribution in [3.63, 3.8) is 0 Å². The van der Waals surface area contributed by atoms with Gasteiger partial charge in [0.1, 0.15) is 6.61 Å². The third-order valence-corrected chi connectivity index (χ3v) is 6.65. The number of nitrogens with one attached hydrogen (secondary N) is 2. The zero-order valence-electron chi connectivity index (χ0n) is 17.0. The van der Waals surface area contributed by atoms with E-state index >= 15 is 0 Å². The van der Waals surface area contributed by atoms with E-state index in [1.54, 1.807) is 29.2 Å². The minimum atomic E-state index is -0.349. The average Bonchev–Trinajstić information content (AvgIpc) is 3.34. The predicted octanol–water partition coefficient (Wildman–Crippen LogP) is 2.21. The third kappa shape index (κ3) is 5.07.